The summed E-state index contributed by atoms with van der Waals surface area (Å²) in [6.45, 7) is 0.285. The lowest BCUT2D eigenvalue weighted by atomic mass is 10.2. The summed E-state index contributed by atoms with van der Waals surface area (Å²) >= 11 is 10.5. The molecule has 0 aliphatic carbocycles. The van der Waals surface area contributed by atoms with E-state index in [-0.39, 0.29) is 12.5 Å². The number of hydrogen-bond donors (Lipinski definition) is 1. The van der Waals surface area contributed by atoms with Gasteiger partial charge in [0.15, 0.2) is 0 Å². The van der Waals surface area contributed by atoms with Gasteiger partial charge in [-0.25, -0.2) is 4.79 Å². The highest BCUT2D eigenvalue weighted by atomic mass is 79.9. The molecule has 1 heterocycles. The average molecular weight is 323 g/mol. The third-order valence-electron chi connectivity index (χ3n) is 1.79. The maximum atomic E-state index is 11.5. The maximum Gasteiger partial charge on any atom is 0.328 e. The minimum absolute atomic E-state index is 0.285. The zero-order chi connectivity index (χ0) is 12.1. The Morgan fingerprint density at radius 3 is 3.00 bits per heavy atom. The van der Waals surface area contributed by atoms with Crippen molar-refractivity contribution < 1.29 is 9.53 Å². The molecule has 1 rings (SSSR count). The predicted molar refractivity (Wildman–Crippen MR) is 68.6 cm³/mol. The van der Waals surface area contributed by atoms with E-state index in [9.17, 15) is 4.79 Å². The lowest BCUT2D eigenvalue weighted by Crippen LogP contribution is -2.29. The Hall–Kier alpha value is -0.540. The van der Waals surface area contributed by atoms with Crippen LogP contribution in [-0.2, 0) is 9.53 Å². The van der Waals surface area contributed by atoms with E-state index >= 15 is 0 Å². The normalized spacial score (nSPS) is 11.9. The van der Waals surface area contributed by atoms with Crippen molar-refractivity contribution in [3.05, 3.63) is 19.8 Å². The number of nitrogens with one attached hydrogen (secondary N) is 1. The molecule has 1 atom stereocenters. The van der Waals surface area contributed by atoms with Crippen molar-refractivity contribution in [2.24, 2.45) is 0 Å². The topological polar surface area (TPSA) is 38.3 Å². The van der Waals surface area contributed by atoms with Gasteiger partial charge in [-0.2, -0.15) is 0 Å². The number of halogens is 2. The van der Waals surface area contributed by atoms with Crippen LogP contribution < -0.4 is 5.32 Å². The summed E-state index contributed by atoms with van der Waals surface area (Å²) in [6, 6.07) is 1.20. The van der Waals surface area contributed by atoms with Crippen molar-refractivity contribution >= 4 is 44.8 Å². The molecule has 0 amide bonds. The molecule has 16 heavy (non-hydrogen) atoms. The lowest BCUT2D eigenvalue weighted by Gasteiger charge is -2.12. The van der Waals surface area contributed by atoms with Crippen LogP contribution in [0.25, 0.3) is 0 Å². The number of methoxy groups -OCH3 is 1. The molecule has 0 saturated heterocycles. The van der Waals surface area contributed by atoms with Crippen LogP contribution >= 0.6 is 38.9 Å². The maximum absolute atomic E-state index is 11.5. The second kappa shape index (κ2) is 6.26. The van der Waals surface area contributed by atoms with Gasteiger partial charge < -0.3 is 4.74 Å². The fourth-order valence-corrected chi connectivity index (χ4v) is 2.88. The van der Waals surface area contributed by atoms with Crippen LogP contribution in [0.5, 0.6) is 0 Å². The van der Waals surface area contributed by atoms with E-state index in [1.54, 1.807) is 6.07 Å². The fourth-order valence-electron chi connectivity index (χ4n) is 1.08. The summed E-state index contributed by atoms with van der Waals surface area (Å²) in [5.74, 6) is 2.02. The average Bonchev–Trinajstić information content (AvgIpc) is 2.59. The van der Waals surface area contributed by atoms with Crippen molar-refractivity contribution in [1.29, 1.82) is 0 Å². The smallest absolute Gasteiger partial charge is 0.328 e. The minimum Gasteiger partial charge on any atom is -0.468 e. The van der Waals surface area contributed by atoms with E-state index in [0.29, 0.717) is 4.34 Å². The van der Waals surface area contributed by atoms with Gasteiger partial charge in [0, 0.05) is 9.35 Å². The van der Waals surface area contributed by atoms with E-state index < -0.39 is 6.04 Å². The molecule has 1 aromatic heterocycles. The first-order valence-corrected chi connectivity index (χ1v) is 6.28. The second-order valence-corrected chi connectivity index (χ2v) is 5.35. The first kappa shape index (κ1) is 13.5. The molecule has 0 spiro atoms. The molecule has 0 radical (unpaired) electrons. The number of esters is 1. The van der Waals surface area contributed by atoms with Crippen LogP contribution in [-0.4, -0.2) is 19.6 Å². The minimum atomic E-state index is -0.574. The van der Waals surface area contributed by atoms with Crippen molar-refractivity contribution in [2.45, 2.75) is 6.04 Å². The predicted octanol–water partition coefficient (Wildman–Crippen LogP) is 2.60. The van der Waals surface area contributed by atoms with Gasteiger partial charge in [0.25, 0.3) is 0 Å². The largest absolute Gasteiger partial charge is 0.468 e. The van der Waals surface area contributed by atoms with E-state index in [0.717, 1.165) is 9.35 Å². The van der Waals surface area contributed by atoms with Crippen molar-refractivity contribution in [3.63, 3.8) is 0 Å². The molecule has 1 N–H and O–H groups in total. The number of ether oxygens (including phenoxy) is 1. The SMILES string of the molecule is C#CCNC(C(=O)OC)c1cc(Br)c(Cl)s1. The number of terminal acetylenes is 1. The van der Waals surface area contributed by atoms with Gasteiger partial charge in [0.2, 0.25) is 0 Å². The summed E-state index contributed by atoms with van der Waals surface area (Å²) in [7, 11) is 1.33. The molecule has 0 saturated carbocycles. The molecule has 0 aliphatic rings. The van der Waals surface area contributed by atoms with Crippen LogP contribution in [0, 0.1) is 12.3 Å². The summed E-state index contributed by atoms with van der Waals surface area (Å²) in [5.41, 5.74) is 0. The van der Waals surface area contributed by atoms with E-state index in [4.69, 9.17) is 22.8 Å². The van der Waals surface area contributed by atoms with Gasteiger partial charge in [-0.05, 0) is 22.0 Å². The molecule has 1 aromatic rings. The Morgan fingerprint density at radius 2 is 2.56 bits per heavy atom. The first-order valence-electron chi connectivity index (χ1n) is 4.29. The summed E-state index contributed by atoms with van der Waals surface area (Å²) in [4.78, 5) is 12.3. The lowest BCUT2D eigenvalue weighted by molar-refractivity contribution is -0.143. The van der Waals surface area contributed by atoms with E-state index in [1.165, 1.54) is 18.4 Å². The Bertz CT molecular complexity index is 407. The molecular weight excluding hydrogens is 314 g/mol. The summed E-state index contributed by atoms with van der Waals surface area (Å²) in [6.07, 6.45) is 5.14. The van der Waals surface area contributed by atoms with Gasteiger partial charge in [0.1, 0.15) is 10.4 Å². The van der Waals surface area contributed by atoms with Crippen molar-refractivity contribution in [3.8, 4) is 12.3 Å². The third-order valence-corrected chi connectivity index (χ3v) is 4.33. The zero-order valence-corrected chi connectivity index (χ0v) is 11.6. The van der Waals surface area contributed by atoms with Crippen LogP contribution in [0.15, 0.2) is 10.5 Å². The van der Waals surface area contributed by atoms with Gasteiger partial charge in [-0.1, -0.05) is 17.5 Å². The van der Waals surface area contributed by atoms with Crippen LogP contribution in [0.3, 0.4) is 0 Å². The highest BCUT2D eigenvalue weighted by Gasteiger charge is 2.23. The standard InChI is InChI=1S/C10H9BrClNO2S/c1-3-4-13-8(10(14)15-2)7-5-6(11)9(12)16-7/h1,5,8,13H,4H2,2H3. The van der Waals surface area contributed by atoms with Gasteiger partial charge in [-0.3, -0.25) is 5.32 Å². The van der Waals surface area contributed by atoms with E-state index in [2.05, 4.69) is 27.2 Å². The van der Waals surface area contributed by atoms with Crippen molar-refractivity contribution in [1.82, 2.24) is 5.32 Å². The molecule has 0 aliphatic heterocycles. The van der Waals surface area contributed by atoms with Crippen LogP contribution in [0.4, 0.5) is 0 Å². The van der Waals surface area contributed by atoms with Gasteiger partial charge in [0.05, 0.1) is 13.7 Å². The molecule has 0 fully saturated rings. The number of rotatable bonds is 4. The third kappa shape index (κ3) is 3.22. The summed E-state index contributed by atoms with van der Waals surface area (Å²) < 4.78 is 6.04. The highest BCUT2D eigenvalue weighted by molar-refractivity contribution is 9.10. The Labute approximate surface area is 111 Å². The van der Waals surface area contributed by atoms with Gasteiger partial charge >= 0.3 is 5.97 Å². The Morgan fingerprint density at radius 1 is 1.88 bits per heavy atom. The monoisotopic (exact) mass is 321 g/mol. The molecule has 3 nitrogen and oxygen atoms in total. The van der Waals surface area contributed by atoms with Crippen molar-refractivity contribution in [2.75, 3.05) is 13.7 Å². The molecule has 6 heteroatoms. The fraction of sp³-hybridized carbons (Fsp3) is 0.300. The molecule has 0 aromatic carbocycles. The highest BCUT2D eigenvalue weighted by Crippen LogP contribution is 2.35. The summed E-state index contributed by atoms with van der Waals surface area (Å²) in [5, 5.41) is 2.90. The van der Waals surface area contributed by atoms with Crippen LogP contribution in [0.1, 0.15) is 10.9 Å². The number of hydrogen-bond acceptors (Lipinski definition) is 4. The second-order valence-electron chi connectivity index (χ2n) is 2.81. The number of carbonyl (C=O) groups is 1. The molecule has 0 bridgehead atoms. The van der Waals surface area contributed by atoms with E-state index in [1.807, 2.05) is 0 Å². The number of carbonyl (C=O) groups excluding carboxylic acids is 1. The number of thiophene rings is 1. The first-order chi connectivity index (χ1) is 7.60. The zero-order valence-electron chi connectivity index (χ0n) is 8.42. The Kier molecular flexibility index (Phi) is 5.29. The van der Waals surface area contributed by atoms with Crippen LogP contribution in [0.2, 0.25) is 4.34 Å². The quantitative estimate of drug-likeness (QED) is 0.684. The molecule has 86 valence electrons. The molecular formula is C10H9BrClNO2S. The Balaban J connectivity index is 2.92. The molecule has 1 unspecified atom stereocenters. The van der Waals surface area contributed by atoms with Gasteiger partial charge in [-0.15, -0.1) is 17.8 Å².